The average Bonchev–Trinajstić information content (AvgIpc) is 1.00. The second-order valence-corrected chi connectivity index (χ2v) is 0. The van der Waals surface area contributed by atoms with Crippen molar-refractivity contribution in [2.24, 2.45) is 0 Å². The van der Waals surface area contributed by atoms with E-state index in [-0.39, 0.29) is 22.5 Å². The summed E-state index contributed by atoms with van der Waals surface area (Å²) in [6, 6.07) is 0. The van der Waals surface area contributed by atoms with Crippen LogP contribution in [0.2, 0.25) is 0 Å². The van der Waals surface area contributed by atoms with Gasteiger partial charge in [0.2, 0.25) is 0 Å². The molecule has 0 radical (unpaired) electrons. The molecule has 0 rings (SSSR count). The molecular formula is CH3CuO2. The van der Waals surface area contributed by atoms with E-state index in [0.29, 0.717) is 0 Å². The summed E-state index contributed by atoms with van der Waals surface area (Å²) in [6.45, 7) is 3.25. The fourth-order valence-electron chi connectivity index (χ4n) is 0. The quantitative estimate of drug-likeness (QED) is 0.222. The predicted octanol–water partition coefficient (Wildman–Crippen LogP) is -1.10. The SMILES string of the molecule is O.[CH-]=O.[Cu+]. The van der Waals surface area contributed by atoms with Crippen LogP contribution < -0.4 is 0 Å². The zero-order chi connectivity index (χ0) is 2.00. The van der Waals surface area contributed by atoms with Gasteiger partial charge >= 0.3 is 17.1 Å². The van der Waals surface area contributed by atoms with Crippen LogP contribution in [-0.2, 0) is 21.9 Å². The summed E-state index contributed by atoms with van der Waals surface area (Å²) in [5, 5.41) is 0. The van der Waals surface area contributed by atoms with Gasteiger partial charge in [0, 0.05) is 0 Å². The molecule has 0 amide bonds. The molecule has 0 aliphatic carbocycles. The van der Waals surface area contributed by atoms with Gasteiger partial charge in [-0.3, -0.25) is 6.79 Å². The Labute approximate surface area is 35.0 Å². The van der Waals surface area contributed by atoms with Crippen molar-refractivity contribution in [3.05, 3.63) is 0 Å². The Balaban J connectivity index is -0.00000000500. The van der Waals surface area contributed by atoms with E-state index < -0.39 is 0 Å². The first kappa shape index (κ1) is 31.2. The summed E-state index contributed by atoms with van der Waals surface area (Å²) in [6.07, 6.45) is 0. The van der Waals surface area contributed by atoms with Crippen molar-refractivity contribution in [2.45, 2.75) is 0 Å². The zero-order valence-corrected chi connectivity index (χ0v) is 2.73. The number of rotatable bonds is 0. The van der Waals surface area contributed by atoms with Crippen LogP contribution in [0.5, 0.6) is 0 Å². The Morgan fingerprint density at radius 1 is 1.25 bits per heavy atom. The third-order valence-electron chi connectivity index (χ3n) is 0. The van der Waals surface area contributed by atoms with Crippen LogP contribution in [0.4, 0.5) is 0 Å². The third-order valence-corrected chi connectivity index (χ3v) is 0. The minimum absolute atomic E-state index is 0. The van der Waals surface area contributed by atoms with E-state index in [1.807, 2.05) is 0 Å². The first-order valence-electron chi connectivity index (χ1n) is 0.236. The number of carbonyl (C=O) groups excluding carboxylic acids is 1. The molecule has 0 aromatic carbocycles. The molecule has 0 fully saturated rings. The Morgan fingerprint density at radius 2 is 1.25 bits per heavy atom. The van der Waals surface area contributed by atoms with Crippen LogP contribution >= 0.6 is 0 Å². The molecule has 0 bridgehead atoms. The predicted molar refractivity (Wildman–Crippen MR) is 10.4 cm³/mol. The van der Waals surface area contributed by atoms with Crippen LogP contribution in [0.25, 0.3) is 0 Å². The van der Waals surface area contributed by atoms with Crippen LogP contribution in [0.1, 0.15) is 0 Å². The molecule has 0 aromatic heterocycles. The van der Waals surface area contributed by atoms with Gasteiger partial charge in [-0.15, -0.1) is 0 Å². The van der Waals surface area contributed by atoms with E-state index in [1.165, 1.54) is 0 Å². The molecule has 0 aliphatic heterocycles. The number of hydrogen-bond donors (Lipinski definition) is 0. The maximum Gasteiger partial charge on any atom is 1.00 e. The molecule has 0 saturated heterocycles. The summed E-state index contributed by atoms with van der Waals surface area (Å²) in [4.78, 5) is 7.75. The minimum atomic E-state index is 0. The van der Waals surface area contributed by atoms with Gasteiger partial charge < -0.3 is 10.3 Å². The first-order chi connectivity index (χ1) is 1.00. The molecule has 30 valence electrons. The van der Waals surface area contributed by atoms with Gasteiger partial charge in [0.05, 0.1) is 0 Å². The summed E-state index contributed by atoms with van der Waals surface area (Å²) >= 11 is 0. The minimum Gasteiger partial charge on any atom is -0.545 e. The van der Waals surface area contributed by atoms with Crippen molar-refractivity contribution in [2.75, 3.05) is 0 Å². The van der Waals surface area contributed by atoms with Crippen molar-refractivity contribution in [3.8, 4) is 0 Å². The third kappa shape index (κ3) is 127. The Kier molecular flexibility index (Phi) is 5070. The fraction of sp³-hybridized carbons (Fsp3) is 0. The van der Waals surface area contributed by atoms with Crippen molar-refractivity contribution in [1.82, 2.24) is 0 Å². The summed E-state index contributed by atoms with van der Waals surface area (Å²) < 4.78 is 0. The average molecular weight is 111 g/mol. The van der Waals surface area contributed by atoms with E-state index in [2.05, 4.69) is 6.79 Å². The van der Waals surface area contributed by atoms with E-state index in [0.717, 1.165) is 0 Å². The van der Waals surface area contributed by atoms with Crippen LogP contribution in [0, 0.1) is 0 Å². The molecule has 2 N–H and O–H groups in total. The Hall–Kier alpha value is 0.149. The smallest absolute Gasteiger partial charge is 0.545 e. The van der Waals surface area contributed by atoms with Gasteiger partial charge in [0.25, 0.3) is 0 Å². The van der Waals surface area contributed by atoms with E-state index in [9.17, 15) is 0 Å². The molecule has 0 aromatic rings. The van der Waals surface area contributed by atoms with Gasteiger partial charge in [-0.2, -0.15) is 0 Å². The Morgan fingerprint density at radius 3 is 1.25 bits per heavy atom. The normalized spacial score (nSPS) is 1.00. The van der Waals surface area contributed by atoms with Crippen LogP contribution in [0.15, 0.2) is 0 Å². The summed E-state index contributed by atoms with van der Waals surface area (Å²) in [7, 11) is 0. The van der Waals surface area contributed by atoms with E-state index in [4.69, 9.17) is 4.79 Å². The fourth-order valence-corrected chi connectivity index (χ4v) is 0. The molecule has 0 heterocycles. The molecule has 0 saturated carbocycles. The molecule has 2 nitrogen and oxygen atoms in total. The maximum absolute atomic E-state index is 7.75. The summed E-state index contributed by atoms with van der Waals surface area (Å²) in [5.41, 5.74) is 0. The van der Waals surface area contributed by atoms with E-state index >= 15 is 0 Å². The molecule has 3 heteroatoms. The van der Waals surface area contributed by atoms with Gasteiger partial charge in [-0.1, -0.05) is 0 Å². The van der Waals surface area contributed by atoms with Crippen molar-refractivity contribution >= 4 is 6.79 Å². The molecule has 0 aliphatic rings. The van der Waals surface area contributed by atoms with Crippen molar-refractivity contribution in [1.29, 1.82) is 0 Å². The van der Waals surface area contributed by atoms with Crippen LogP contribution in [-0.4, -0.2) is 12.3 Å². The monoisotopic (exact) mass is 110 g/mol. The van der Waals surface area contributed by atoms with Crippen molar-refractivity contribution in [3.63, 3.8) is 0 Å². The van der Waals surface area contributed by atoms with Gasteiger partial charge in [0.15, 0.2) is 0 Å². The van der Waals surface area contributed by atoms with Gasteiger partial charge in [0.1, 0.15) is 0 Å². The number of hydrogen-bond acceptors (Lipinski definition) is 1. The molecule has 0 unspecified atom stereocenters. The molecular weight excluding hydrogens is 108 g/mol. The van der Waals surface area contributed by atoms with Crippen LogP contribution in [0.3, 0.4) is 0 Å². The second kappa shape index (κ2) is 651. The van der Waals surface area contributed by atoms with E-state index in [1.54, 1.807) is 0 Å². The molecule has 0 atom stereocenters. The maximum atomic E-state index is 7.75. The molecule has 4 heavy (non-hydrogen) atoms. The standard InChI is InChI=1S/CHO.Cu.H2O/c1-2;;/h1H;;1H2/q-1;+1;. The van der Waals surface area contributed by atoms with Crippen molar-refractivity contribution < 1.29 is 27.3 Å². The second-order valence-electron chi connectivity index (χ2n) is 0. The largest absolute Gasteiger partial charge is 1.00 e. The van der Waals surface area contributed by atoms with Gasteiger partial charge in [-0.05, 0) is 0 Å². The zero-order valence-electron chi connectivity index (χ0n) is 1.79. The first-order valence-corrected chi connectivity index (χ1v) is 0.236. The summed E-state index contributed by atoms with van der Waals surface area (Å²) in [5.74, 6) is 0. The topological polar surface area (TPSA) is 48.6 Å². The molecule has 0 spiro atoms. The Bertz CT molecular complexity index is 6.00. The van der Waals surface area contributed by atoms with Gasteiger partial charge in [-0.25, -0.2) is 0 Å².